The number of nitrogens with one attached hydrogen (secondary N) is 1. The molecule has 0 saturated heterocycles. The Morgan fingerprint density at radius 1 is 1.10 bits per heavy atom. The molecule has 3 rings (SSSR count). The molecule has 0 aromatic heterocycles. The smallest absolute Gasteiger partial charge is 0.119 e. The van der Waals surface area contributed by atoms with Gasteiger partial charge in [-0.2, -0.15) is 0 Å². The number of benzene rings is 2. The van der Waals surface area contributed by atoms with Gasteiger partial charge in [0.1, 0.15) is 5.75 Å². The molecule has 0 spiro atoms. The third-order valence-corrected chi connectivity index (χ3v) is 4.14. The molecule has 0 amide bonds. The second kappa shape index (κ2) is 5.20. The van der Waals surface area contributed by atoms with Crippen LogP contribution in [0.3, 0.4) is 0 Å². The second-order valence-corrected chi connectivity index (χ2v) is 5.62. The van der Waals surface area contributed by atoms with Crippen LogP contribution in [0, 0.1) is 13.8 Å². The SMILES string of the molecule is COc1ccc2c(c1)C(Nc1ccc(C)cc1C)CC2. The Kier molecular flexibility index (Phi) is 3.39. The molecule has 2 aromatic rings. The lowest BCUT2D eigenvalue weighted by Crippen LogP contribution is -2.08. The Hall–Kier alpha value is -1.96. The number of methoxy groups -OCH3 is 1. The normalized spacial score (nSPS) is 16.9. The molecular weight excluding hydrogens is 246 g/mol. The first-order valence-electron chi connectivity index (χ1n) is 7.18. The summed E-state index contributed by atoms with van der Waals surface area (Å²) < 4.78 is 5.35. The summed E-state index contributed by atoms with van der Waals surface area (Å²) in [4.78, 5) is 0. The maximum Gasteiger partial charge on any atom is 0.119 e. The first-order chi connectivity index (χ1) is 9.67. The molecule has 1 N–H and O–H groups in total. The van der Waals surface area contributed by atoms with Gasteiger partial charge in [0.05, 0.1) is 13.2 Å². The van der Waals surface area contributed by atoms with E-state index < -0.39 is 0 Å². The van der Waals surface area contributed by atoms with Crippen molar-refractivity contribution in [2.24, 2.45) is 0 Å². The van der Waals surface area contributed by atoms with E-state index in [-0.39, 0.29) is 0 Å². The van der Waals surface area contributed by atoms with Gasteiger partial charge in [-0.3, -0.25) is 0 Å². The van der Waals surface area contributed by atoms with E-state index in [0.29, 0.717) is 6.04 Å². The third kappa shape index (κ3) is 2.38. The lowest BCUT2D eigenvalue weighted by molar-refractivity contribution is 0.414. The van der Waals surface area contributed by atoms with Crippen LogP contribution in [0.5, 0.6) is 5.75 Å². The Bertz CT molecular complexity index is 633. The van der Waals surface area contributed by atoms with Crippen LogP contribution in [-0.4, -0.2) is 7.11 Å². The van der Waals surface area contributed by atoms with Crippen LogP contribution in [0.2, 0.25) is 0 Å². The quantitative estimate of drug-likeness (QED) is 0.889. The highest BCUT2D eigenvalue weighted by Gasteiger charge is 2.23. The first kappa shape index (κ1) is 13.0. The summed E-state index contributed by atoms with van der Waals surface area (Å²) in [5, 5.41) is 3.69. The van der Waals surface area contributed by atoms with Gasteiger partial charge in [-0.15, -0.1) is 0 Å². The molecule has 1 atom stereocenters. The van der Waals surface area contributed by atoms with Crippen LogP contribution in [0.4, 0.5) is 5.69 Å². The number of fused-ring (bicyclic) bond motifs is 1. The Morgan fingerprint density at radius 2 is 1.95 bits per heavy atom. The summed E-state index contributed by atoms with van der Waals surface area (Å²) in [5.41, 5.74) is 6.66. The van der Waals surface area contributed by atoms with Crippen LogP contribution < -0.4 is 10.1 Å². The number of aryl methyl sites for hydroxylation is 3. The molecule has 1 aliphatic rings. The first-order valence-corrected chi connectivity index (χ1v) is 7.18. The van der Waals surface area contributed by atoms with Crippen molar-refractivity contribution in [1.82, 2.24) is 0 Å². The number of anilines is 1. The number of hydrogen-bond donors (Lipinski definition) is 1. The highest BCUT2D eigenvalue weighted by Crippen LogP contribution is 2.36. The fourth-order valence-electron chi connectivity index (χ4n) is 3.02. The largest absolute Gasteiger partial charge is 0.497 e. The van der Waals surface area contributed by atoms with Crippen molar-refractivity contribution in [2.75, 3.05) is 12.4 Å². The van der Waals surface area contributed by atoms with E-state index in [9.17, 15) is 0 Å². The molecule has 0 aliphatic heterocycles. The monoisotopic (exact) mass is 267 g/mol. The Labute approximate surface area is 120 Å². The van der Waals surface area contributed by atoms with E-state index in [1.54, 1.807) is 7.11 Å². The zero-order valence-corrected chi connectivity index (χ0v) is 12.4. The minimum atomic E-state index is 0.390. The lowest BCUT2D eigenvalue weighted by Gasteiger charge is -2.18. The summed E-state index contributed by atoms with van der Waals surface area (Å²) >= 11 is 0. The van der Waals surface area contributed by atoms with E-state index in [4.69, 9.17) is 4.74 Å². The highest BCUT2D eigenvalue weighted by molar-refractivity contribution is 5.55. The minimum absolute atomic E-state index is 0.390. The van der Waals surface area contributed by atoms with Gasteiger partial charge in [0.2, 0.25) is 0 Å². The minimum Gasteiger partial charge on any atom is -0.497 e. The maximum absolute atomic E-state index is 5.35. The zero-order valence-electron chi connectivity index (χ0n) is 12.4. The fraction of sp³-hybridized carbons (Fsp3) is 0.333. The molecule has 0 fully saturated rings. The molecule has 1 aliphatic carbocycles. The number of hydrogen-bond acceptors (Lipinski definition) is 2. The summed E-state index contributed by atoms with van der Waals surface area (Å²) in [6.07, 6.45) is 2.29. The van der Waals surface area contributed by atoms with Gasteiger partial charge in [-0.25, -0.2) is 0 Å². The standard InChI is InChI=1S/C18H21NO/c1-12-4-8-17(13(2)10-12)19-18-9-6-14-5-7-15(20-3)11-16(14)18/h4-5,7-8,10-11,18-19H,6,9H2,1-3H3. The predicted octanol–water partition coefficient (Wildman–Crippen LogP) is 4.41. The van der Waals surface area contributed by atoms with Crippen molar-refractivity contribution in [3.8, 4) is 5.75 Å². The molecular formula is C18H21NO. The predicted molar refractivity (Wildman–Crippen MR) is 83.6 cm³/mol. The molecule has 20 heavy (non-hydrogen) atoms. The van der Waals surface area contributed by atoms with E-state index >= 15 is 0 Å². The molecule has 104 valence electrons. The average Bonchev–Trinajstić information content (AvgIpc) is 2.84. The van der Waals surface area contributed by atoms with Crippen LogP contribution in [0.1, 0.15) is 34.7 Å². The molecule has 2 aromatic carbocycles. The van der Waals surface area contributed by atoms with E-state index in [0.717, 1.165) is 18.6 Å². The van der Waals surface area contributed by atoms with Gasteiger partial charge in [0, 0.05) is 5.69 Å². The molecule has 0 radical (unpaired) electrons. The number of ether oxygens (including phenoxy) is 1. The molecule has 0 saturated carbocycles. The van der Waals surface area contributed by atoms with E-state index in [2.05, 4.69) is 55.6 Å². The van der Waals surface area contributed by atoms with Crippen LogP contribution in [-0.2, 0) is 6.42 Å². The number of rotatable bonds is 3. The molecule has 2 nitrogen and oxygen atoms in total. The maximum atomic E-state index is 5.35. The topological polar surface area (TPSA) is 21.3 Å². The van der Waals surface area contributed by atoms with Crippen LogP contribution >= 0.6 is 0 Å². The highest BCUT2D eigenvalue weighted by atomic mass is 16.5. The second-order valence-electron chi connectivity index (χ2n) is 5.62. The summed E-state index contributed by atoms with van der Waals surface area (Å²) in [6.45, 7) is 4.29. The van der Waals surface area contributed by atoms with Crippen LogP contribution in [0.15, 0.2) is 36.4 Å². The van der Waals surface area contributed by atoms with Gasteiger partial charge < -0.3 is 10.1 Å². The van der Waals surface area contributed by atoms with Crippen molar-refractivity contribution in [3.05, 3.63) is 58.7 Å². The fourth-order valence-corrected chi connectivity index (χ4v) is 3.02. The molecule has 2 heteroatoms. The van der Waals surface area contributed by atoms with Crippen molar-refractivity contribution >= 4 is 5.69 Å². The van der Waals surface area contributed by atoms with Crippen molar-refractivity contribution in [3.63, 3.8) is 0 Å². The van der Waals surface area contributed by atoms with Gasteiger partial charge in [-0.05, 0) is 61.6 Å². The van der Waals surface area contributed by atoms with Gasteiger partial charge in [0.25, 0.3) is 0 Å². The molecule has 1 unspecified atom stereocenters. The summed E-state index contributed by atoms with van der Waals surface area (Å²) in [6, 6.07) is 13.4. The van der Waals surface area contributed by atoms with Crippen LogP contribution in [0.25, 0.3) is 0 Å². The summed E-state index contributed by atoms with van der Waals surface area (Å²) in [7, 11) is 1.73. The zero-order chi connectivity index (χ0) is 14.1. The third-order valence-electron chi connectivity index (χ3n) is 4.14. The van der Waals surface area contributed by atoms with Gasteiger partial charge in [0.15, 0.2) is 0 Å². The van der Waals surface area contributed by atoms with E-state index in [1.807, 2.05) is 0 Å². The van der Waals surface area contributed by atoms with Crippen molar-refractivity contribution in [1.29, 1.82) is 0 Å². The Balaban J connectivity index is 1.87. The summed E-state index contributed by atoms with van der Waals surface area (Å²) in [5.74, 6) is 0.943. The van der Waals surface area contributed by atoms with Crippen molar-refractivity contribution < 1.29 is 4.74 Å². The lowest BCUT2D eigenvalue weighted by atomic mass is 10.1. The van der Waals surface area contributed by atoms with Gasteiger partial charge >= 0.3 is 0 Å². The Morgan fingerprint density at radius 3 is 2.70 bits per heavy atom. The average molecular weight is 267 g/mol. The van der Waals surface area contributed by atoms with Crippen molar-refractivity contribution in [2.45, 2.75) is 32.7 Å². The van der Waals surface area contributed by atoms with E-state index in [1.165, 1.54) is 27.9 Å². The molecule has 0 heterocycles. The van der Waals surface area contributed by atoms with Gasteiger partial charge in [-0.1, -0.05) is 23.8 Å². The molecule has 0 bridgehead atoms.